The van der Waals surface area contributed by atoms with E-state index in [1.807, 2.05) is 12.1 Å². The molecule has 0 saturated carbocycles. The zero-order chi connectivity index (χ0) is 11.7. The summed E-state index contributed by atoms with van der Waals surface area (Å²) in [7, 11) is 1.77. The van der Waals surface area contributed by atoms with Crippen LogP contribution in [0.1, 0.15) is 27.2 Å². The molecule has 16 heavy (non-hydrogen) atoms. The Bertz CT molecular complexity index is 510. The van der Waals surface area contributed by atoms with Crippen molar-refractivity contribution >= 4 is 33.0 Å². The summed E-state index contributed by atoms with van der Waals surface area (Å²) >= 11 is 4.88. The first-order chi connectivity index (χ1) is 7.63. The molecule has 0 aromatic carbocycles. The molecular weight excluding hydrogens is 288 g/mol. The second kappa shape index (κ2) is 4.51. The minimum atomic E-state index is 0.0246. The maximum Gasteiger partial charge on any atom is 0.222 e. The summed E-state index contributed by atoms with van der Waals surface area (Å²) in [5.74, 6) is 0.0246. The molecule has 0 amide bonds. The summed E-state index contributed by atoms with van der Waals surface area (Å²) in [6.45, 7) is 2.08. The van der Waals surface area contributed by atoms with Crippen molar-refractivity contribution in [3.63, 3.8) is 0 Å². The van der Waals surface area contributed by atoms with E-state index < -0.39 is 0 Å². The molecule has 2 rings (SSSR count). The Morgan fingerprint density at radius 2 is 2.31 bits per heavy atom. The van der Waals surface area contributed by atoms with Crippen molar-refractivity contribution in [3.8, 4) is 0 Å². The van der Waals surface area contributed by atoms with Crippen LogP contribution in [0.25, 0.3) is 0 Å². The number of halogens is 1. The van der Waals surface area contributed by atoms with Crippen LogP contribution in [-0.2, 0) is 13.5 Å². The van der Waals surface area contributed by atoms with Gasteiger partial charge in [0.25, 0.3) is 0 Å². The minimum Gasteiger partial charge on any atom is -0.286 e. The molecule has 0 radical (unpaired) electrons. The molecule has 3 nitrogen and oxygen atoms in total. The molecule has 84 valence electrons. The molecule has 0 aliphatic rings. The van der Waals surface area contributed by atoms with Gasteiger partial charge >= 0.3 is 0 Å². The van der Waals surface area contributed by atoms with Crippen LogP contribution < -0.4 is 0 Å². The van der Waals surface area contributed by atoms with Crippen molar-refractivity contribution in [3.05, 3.63) is 38.3 Å². The van der Waals surface area contributed by atoms with E-state index in [0.717, 1.165) is 15.8 Å². The van der Waals surface area contributed by atoms with Crippen molar-refractivity contribution < 1.29 is 4.79 Å². The summed E-state index contributed by atoms with van der Waals surface area (Å²) in [5.41, 5.74) is 0.601. The van der Waals surface area contributed by atoms with Gasteiger partial charge in [0.15, 0.2) is 0 Å². The van der Waals surface area contributed by atoms with Crippen LogP contribution in [0, 0.1) is 0 Å². The molecule has 0 spiro atoms. The SMILES string of the molecule is CCc1ccc(C(=O)c2c(Br)cnn2C)s1. The highest BCUT2D eigenvalue weighted by Crippen LogP contribution is 2.24. The third-order valence-corrected chi connectivity index (χ3v) is 4.15. The van der Waals surface area contributed by atoms with E-state index in [4.69, 9.17) is 0 Å². The molecular formula is C11H11BrN2OS. The molecule has 0 N–H and O–H groups in total. The minimum absolute atomic E-state index is 0.0246. The highest BCUT2D eigenvalue weighted by atomic mass is 79.9. The molecule has 0 aliphatic carbocycles. The topological polar surface area (TPSA) is 34.9 Å². The fraction of sp³-hybridized carbons (Fsp3) is 0.273. The van der Waals surface area contributed by atoms with Crippen LogP contribution in [0.4, 0.5) is 0 Å². The maximum absolute atomic E-state index is 12.2. The highest BCUT2D eigenvalue weighted by Gasteiger charge is 2.18. The van der Waals surface area contributed by atoms with E-state index >= 15 is 0 Å². The number of ketones is 1. The van der Waals surface area contributed by atoms with Gasteiger partial charge < -0.3 is 0 Å². The van der Waals surface area contributed by atoms with Gasteiger partial charge in [0.1, 0.15) is 5.69 Å². The number of carbonyl (C=O) groups excluding carboxylic acids is 1. The van der Waals surface area contributed by atoms with Crippen LogP contribution in [0.3, 0.4) is 0 Å². The molecule has 0 atom stereocenters. The zero-order valence-electron chi connectivity index (χ0n) is 9.03. The smallest absolute Gasteiger partial charge is 0.222 e. The lowest BCUT2D eigenvalue weighted by Gasteiger charge is -1.99. The second-order valence-electron chi connectivity index (χ2n) is 3.41. The molecule has 2 aromatic rings. The van der Waals surface area contributed by atoms with Crippen molar-refractivity contribution in [2.45, 2.75) is 13.3 Å². The average molecular weight is 299 g/mol. The van der Waals surface area contributed by atoms with Gasteiger partial charge in [-0.1, -0.05) is 6.92 Å². The Labute approximate surface area is 106 Å². The molecule has 0 bridgehead atoms. The number of hydrogen-bond acceptors (Lipinski definition) is 3. The molecule has 0 saturated heterocycles. The molecule has 0 aliphatic heterocycles. The number of hydrogen-bond donors (Lipinski definition) is 0. The third-order valence-electron chi connectivity index (χ3n) is 2.34. The summed E-state index contributed by atoms with van der Waals surface area (Å²) in [4.78, 5) is 14.2. The molecule has 2 heterocycles. The average Bonchev–Trinajstić information content (AvgIpc) is 2.85. The van der Waals surface area contributed by atoms with Crippen LogP contribution in [0.15, 0.2) is 22.8 Å². The maximum atomic E-state index is 12.2. The lowest BCUT2D eigenvalue weighted by Crippen LogP contribution is -2.07. The predicted octanol–water partition coefficient (Wildman–Crippen LogP) is 3.04. The van der Waals surface area contributed by atoms with Gasteiger partial charge in [-0.15, -0.1) is 11.3 Å². The first-order valence-corrected chi connectivity index (χ1v) is 6.55. The molecule has 5 heteroatoms. The first kappa shape index (κ1) is 11.5. The Balaban J connectivity index is 2.39. The van der Waals surface area contributed by atoms with Crippen molar-refractivity contribution in [1.29, 1.82) is 0 Å². The van der Waals surface area contributed by atoms with Crippen molar-refractivity contribution in [2.75, 3.05) is 0 Å². The van der Waals surface area contributed by atoms with Gasteiger partial charge in [0.2, 0.25) is 5.78 Å². The Hall–Kier alpha value is -0.940. The quantitative estimate of drug-likeness (QED) is 0.817. The second-order valence-corrected chi connectivity index (χ2v) is 5.44. The molecule has 0 fully saturated rings. The van der Waals surface area contributed by atoms with E-state index in [9.17, 15) is 4.79 Å². The number of thiophene rings is 1. The van der Waals surface area contributed by atoms with Crippen molar-refractivity contribution in [1.82, 2.24) is 9.78 Å². The summed E-state index contributed by atoms with van der Waals surface area (Å²) in [5, 5.41) is 4.04. The predicted molar refractivity (Wildman–Crippen MR) is 68.0 cm³/mol. The number of nitrogens with zero attached hydrogens (tertiary/aromatic N) is 2. The fourth-order valence-electron chi connectivity index (χ4n) is 1.47. The summed E-state index contributed by atoms with van der Waals surface area (Å²) < 4.78 is 2.34. The first-order valence-electron chi connectivity index (χ1n) is 4.94. The lowest BCUT2D eigenvalue weighted by molar-refractivity contribution is 0.103. The normalized spacial score (nSPS) is 10.7. The van der Waals surface area contributed by atoms with Crippen LogP contribution in [-0.4, -0.2) is 15.6 Å². The van der Waals surface area contributed by atoms with Crippen molar-refractivity contribution in [2.24, 2.45) is 7.05 Å². The van der Waals surface area contributed by atoms with E-state index in [0.29, 0.717) is 5.69 Å². The number of aromatic nitrogens is 2. The van der Waals surface area contributed by atoms with Crippen LogP contribution in [0.2, 0.25) is 0 Å². The van der Waals surface area contributed by atoms with Gasteiger partial charge in [-0.05, 0) is 34.5 Å². The van der Waals surface area contributed by atoms with E-state index in [-0.39, 0.29) is 5.78 Å². The van der Waals surface area contributed by atoms with E-state index in [2.05, 4.69) is 28.0 Å². The Kier molecular flexibility index (Phi) is 3.25. The van der Waals surface area contributed by atoms with Crippen LogP contribution in [0.5, 0.6) is 0 Å². The van der Waals surface area contributed by atoms with Gasteiger partial charge in [-0.2, -0.15) is 5.10 Å². The highest BCUT2D eigenvalue weighted by molar-refractivity contribution is 9.10. The standard InChI is InChI=1S/C11H11BrN2OS/c1-3-7-4-5-9(16-7)11(15)10-8(12)6-13-14(10)2/h4-6H,3H2,1-2H3. The summed E-state index contributed by atoms with van der Waals surface area (Å²) in [6.07, 6.45) is 2.60. The van der Waals surface area contributed by atoms with E-state index in [1.165, 1.54) is 4.88 Å². The monoisotopic (exact) mass is 298 g/mol. The molecule has 0 unspecified atom stereocenters. The van der Waals surface area contributed by atoms with E-state index in [1.54, 1.807) is 29.3 Å². The largest absolute Gasteiger partial charge is 0.286 e. The number of aryl methyl sites for hydroxylation is 2. The number of carbonyl (C=O) groups is 1. The van der Waals surface area contributed by atoms with Gasteiger partial charge in [0.05, 0.1) is 15.5 Å². The zero-order valence-corrected chi connectivity index (χ0v) is 11.4. The van der Waals surface area contributed by atoms with Gasteiger partial charge in [0, 0.05) is 11.9 Å². The van der Waals surface area contributed by atoms with Gasteiger partial charge in [-0.3, -0.25) is 9.48 Å². The Morgan fingerprint density at radius 3 is 2.81 bits per heavy atom. The van der Waals surface area contributed by atoms with Crippen LogP contribution >= 0.6 is 27.3 Å². The molecule has 2 aromatic heterocycles. The summed E-state index contributed by atoms with van der Waals surface area (Å²) in [6, 6.07) is 3.88. The Morgan fingerprint density at radius 1 is 1.56 bits per heavy atom. The van der Waals surface area contributed by atoms with Gasteiger partial charge in [-0.25, -0.2) is 0 Å². The number of rotatable bonds is 3. The lowest BCUT2D eigenvalue weighted by atomic mass is 10.2. The third kappa shape index (κ3) is 1.97. The fourth-order valence-corrected chi connectivity index (χ4v) is 2.89.